The summed E-state index contributed by atoms with van der Waals surface area (Å²) in [5.41, 5.74) is 2.21. The van der Waals surface area contributed by atoms with Crippen molar-refractivity contribution in [2.75, 3.05) is 5.32 Å². The zero-order chi connectivity index (χ0) is 12.4. The van der Waals surface area contributed by atoms with Crippen LogP contribution in [0.4, 0.5) is 5.82 Å². The lowest BCUT2D eigenvalue weighted by Gasteiger charge is -2.03. The van der Waals surface area contributed by atoms with Gasteiger partial charge in [-0.05, 0) is 32.0 Å². The van der Waals surface area contributed by atoms with Gasteiger partial charge in [0.1, 0.15) is 5.75 Å². The Kier molecular flexibility index (Phi) is 2.82. The van der Waals surface area contributed by atoms with Crippen molar-refractivity contribution in [1.82, 2.24) is 10.2 Å². The van der Waals surface area contributed by atoms with Crippen LogP contribution in [-0.2, 0) is 0 Å². The van der Waals surface area contributed by atoms with Gasteiger partial charge in [0.2, 0.25) is 0 Å². The molecule has 0 aliphatic carbocycles. The van der Waals surface area contributed by atoms with E-state index in [0.717, 1.165) is 11.3 Å². The Hall–Kier alpha value is -2.30. The van der Waals surface area contributed by atoms with Crippen molar-refractivity contribution in [3.05, 3.63) is 41.1 Å². The van der Waals surface area contributed by atoms with E-state index in [0.29, 0.717) is 11.4 Å². The smallest absolute Gasteiger partial charge is 0.257 e. The fourth-order valence-corrected chi connectivity index (χ4v) is 1.43. The molecule has 5 nitrogen and oxygen atoms in total. The van der Waals surface area contributed by atoms with Crippen LogP contribution in [0.3, 0.4) is 0 Å². The minimum atomic E-state index is -0.296. The SMILES string of the molecule is Cc1[nH]nc(NC(=O)c2cccc(O)c2)c1C. The van der Waals surface area contributed by atoms with Crippen molar-refractivity contribution in [2.45, 2.75) is 13.8 Å². The first-order chi connectivity index (χ1) is 8.08. The summed E-state index contributed by atoms with van der Waals surface area (Å²) in [6.45, 7) is 3.75. The summed E-state index contributed by atoms with van der Waals surface area (Å²) in [6, 6.07) is 6.17. The normalized spacial score (nSPS) is 10.2. The first-order valence-electron chi connectivity index (χ1n) is 5.20. The number of carbonyl (C=O) groups is 1. The molecule has 1 aromatic carbocycles. The molecule has 0 aliphatic rings. The van der Waals surface area contributed by atoms with Gasteiger partial charge < -0.3 is 10.4 Å². The van der Waals surface area contributed by atoms with E-state index in [9.17, 15) is 9.90 Å². The number of hydrogen-bond acceptors (Lipinski definition) is 3. The Morgan fingerprint density at radius 2 is 2.18 bits per heavy atom. The fourth-order valence-electron chi connectivity index (χ4n) is 1.43. The molecule has 2 rings (SSSR count). The Morgan fingerprint density at radius 3 is 2.76 bits per heavy atom. The minimum absolute atomic E-state index is 0.0626. The van der Waals surface area contributed by atoms with E-state index in [2.05, 4.69) is 15.5 Å². The topological polar surface area (TPSA) is 78.0 Å². The first-order valence-corrected chi connectivity index (χ1v) is 5.20. The number of phenols is 1. The molecule has 1 amide bonds. The number of carbonyl (C=O) groups excluding carboxylic acids is 1. The largest absolute Gasteiger partial charge is 0.508 e. The van der Waals surface area contributed by atoms with Crippen molar-refractivity contribution in [3.63, 3.8) is 0 Å². The van der Waals surface area contributed by atoms with Crippen LogP contribution >= 0.6 is 0 Å². The number of anilines is 1. The third-order valence-corrected chi connectivity index (χ3v) is 2.59. The fraction of sp³-hybridized carbons (Fsp3) is 0.167. The number of phenolic OH excluding ortho intramolecular Hbond substituents is 1. The van der Waals surface area contributed by atoms with Gasteiger partial charge in [0, 0.05) is 16.8 Å². The van der Waals surface area contributed by atoms with Crippen molar-refractivity contribution in [1.29, 1.82) is 0 Å². The number of rotatable bonds is 2. The van der Waals surface area contributed by atoms with Gasteiger partial charge in [-0.1, -0.05) is 6.07 Å². The number of aromatic hydroxyl groups is 1. The number of hydrogen-bond donors (Lipinski definition) is 3. The third kappa shape index (κ3) is 2.28. The molecule has 0 radical (unpaired) electrons. The summed E-state index contributed by atoms with van der Waals surface area (Å²) in [5.74, 6) is 0.277. The lowest BCUT2D eigenvalue weighted by Crippen LogP contribution is -2.12. The summed E-state index contributed by atoms with van der Waals surface area (Å²) in [5, 5.41) is 18.7. The predicted octanol–water partition coefficient (Wildman–Crippen LogP) is 1.98. The van der Waals surface area contributed by atoms with Crippen LogP contribution < -0.4 is 5.32 Å². The molecule has 1 heterocycles. The molecule has 0 saturated carbocycles. The molecule has 0 fully saturated rings. The number of H-pyrrole nitrogens is 1. The Morgan fingerprint density at radius 1 is 1.41 bits per heavy atom. The highest BCUT2D eigenvalue weighted by Gasteiger charge is 2.11. The van der Waals surface area contributed by atoms with Crippen molar-refractivity contribution < 1.29 is 9.90 Å². The molecule has 0 saturated heterocycles. The number of amides is 1. The molecule has 0 bridgehead atoms. The number of aryl methyl sites for hydroxylation is 1. The Bertz CT molecular complexity index is 561. The number of nitrogens with one attached hydrogen (secondary N) is 2. The summed E-state index contributed by atoms with van der Waals surface area (Å²) in [7, 11) is 0. The Balaban J connectivity index is 2.20. The summed E-state index contributed by atoms with van der Waals surface area (Å²) >= 11 is 0. The molecule has 5 heteroatoms. The van der Waals surface area contributed by atoms with E-state index < -0.39 is 0 Å². The zero-order valence-corrected chi connectivity index (χ0v) is 9.61. The highest BCUT2D eigenvalue weighted by atomic mass is 16.3. The highest BCUT2D eigenvalue weighted by molar-refractivity contribution is 6.04. The molecule has 2 aromatic rings. The van der Waals surface area contributed by atoms with Crippen LogP contribution in [0.2, 0.25) is 0 Å². The van der Waals surface area contributed by atoms with Gasteiger partial charge in [0.15, 0.2) is 5.82 Å². The maximum Gasteiger partial charge on any atom is 0.257 e. The van der Waals surface area contributed by atoms with Crippen LogP contribution in [0.25, 0.3) is 0 Å². The van der Waals surface area contributed by atoms with Gasteiger partial charge in [-0.15, -0.1) is 0 Å². The number of aromatic nitrogens is 2. The minimum Gasteiger partial charge on any atom is -0.508 e. The van der Waals surface area contributed by atoms with Crippen molar-refractivity contribution in [3.8, 4) is 5.75 Å². The molecule has 0 atom stereocenters. The molecule has 3 N–H and O–H groups in total. The summed E-state index contributed by atoms with van der Waals surface area (Å²) in [4.78, 5) is 11.9. The molecule has 0 unspecified atom stereocenters. The standard InChI is InChI=1S/C12H13N3O2/c1-7-8(2)14-15-11(7)13-12(17)9-4-3-5-10(16)6-9/h3-6,16H,1-2H3,(H2,13,14,15,17). The average molecular weight is 231 g/mol. The number of nitrogens with zero attached hydrogens (tertiary/aromatic N) is 1. The van der Waals surface area contributed by atoms with E-state index in [1.807, 2.05) is 13.8 Å². The second-order valence-electron chi connectivity index (χ2n) is 3.83. The number of benzene rings is 1. The third-order valence-electron chi connectivity index (χ3n) is 2.59. The molecule has 0 spiro atoms. The van der Waals surface area contributed by atoms with Crippen molar-refractivity contribution in [2.24, 2.45) is 0 Å². The van der Waals surface area contributed by atoms with E-state index in [-0.39, 0.29) is 11.7 Å². The molecule has 88 valence electrons. The summed E-state index contributed by atoms with van der Waals surface area (Å²) in [6.07, 6.45) is 0. The van der Waals surface area contributed by atoms with Gasteiger partial charge in [-0.2, -0.15) is 5.10 Å². The monoisotopic (exact) mass is 231 g/mol. The van der Waals surface area contributed by atoms with E-state index >= 15 is 0 Å². The second kappa shape index (κ2) is 4.29. The molecular formula is C12H13N3O2. The molecule has 1 aromatic heterocycles. The van der Waals surface area contributed by atoms with E-state index in [4.69, 9.17) is 0 Å². The molecule has 17 heavy (non-hydrogen) atoms. The lowest BCUT2D eigenvalue weighted by atomic mass is 10.2. The first kappa shape index (κ1) is 11.2. The number of aromatic amines is 1. The van der Waals surface area contributed by atoms with Gasteiger partial charge >= 0.3 is 0 Å². The van der Waals surface area contributed by atoms with Gasteiger partial charge in [0.25, 0.3) is 5.91 Å². The van der Waals surface area contributed by atoms with E-state index in [1.54, 1.807) is 12.1 Å². The van der Waals surface area contributed by atoms with Gasteiger partial charge in [-0.25, -0.2) is 0 Å². The quantitative estimate of drug-likeness (QED) is 0.739. The predicted molar refractivity (Wildman–Crippen MR) is 64.1 cm³/mol. The average Bonchev–Trinajstić information content (AvgIpc) is 2.61. The molecule has 0 aliphatic heterocycles. The van der Waals surface area contributed by atoms with E-state index in [1.165, 1.54) is 12.1 Å². The van der Waals surface area contributed by atoms with Crippen LogP contribution in [0.5, 0.6) is 5.75 Å². The van der Waals surface area contributed by atoms with Crippen LogP contribution in [0, 0.1) is 13.8 Å². The van der Waals surface area contributed by atoms with Gasteiger partial charge in [0.05, 0.1) is 0 Å². The van der Waals surface area contributed by atoms with Crippen LogP contribution in [0.1, 0.15) is 21.6 Å². The highest BCUT2D eigenvalue weighted by Crippen LogP contribution is 2.16. The lowest BCUT2D eigenvalue weighted by molar-refractivity contribution is 0.102. The van der Waals surface area contributed by atoms with Crippen molar-refractivity contribution >= 4 is 11.7 Å². The maximum absolute atomic E-state index is 11.9. The van der Waals surface area contributed by atoms with Crippen LogP contribution in [-0.4, -0.2) is 21.2 Å². The van der Waals surface area contributed by atoms with Gasteiger partial charge in [-0.3, -0.25) is 9.89 Å². The maximum atomic E-state index is 11.9. The second-order valence-corrected chi connectivity index (χ2v) is 3.83. The molecular weight excluding hydrogens is 218 g/mol. The Labute approximate surface area is 98.5 Å². The summed E-state index contributed by atoms with van der Waals surface area (Å²) < 4.78 is 0. The van der Waals surface area contributed by atoms with Crippen LogP contribution in [0.15, 0.2) is 24.3 Å². The zero-order valence-electron chi connectivity index (χ0n) is 9.61.